The highest BCUT2D eigenvalue weighted by Crippen LogP contribution is 2.24. The van der Waals surface area contributed by atoms with Crippen LogP contribution in [0.4, 0.5) is 5.69 Å². The molecule has 1 aromatic rings. The van der Waals surface area contributed by atoms with Crippen molar-refractivity contribution >= 4 is 11.5 Å². The fraction of sp³-hybridized carbons (Fsp3) is 0.357. The van der Waals surface area contributed by atoms with Gasteiger partial charge in [-0.1, -0.05) is 26.8 Å². The molecule has 1 aromatic carbocycles. The van der Waals surface area contributed by atoms with Crippen LogP contribution in [0.1, 0.15) is 26.3 Å². The molecule has 0 amide bonds. The van der Waals surface area contributed by atoms with Crippen LogP contribution in [-0.4, -0.2) is 10.9 Å². The zero-order valence-corrected chi connectivity index (χ0v) is 10.7. The van der Waals surface area contributed by atoms with Crippen molar-refractivity contribution in [2.75, 3.05) is 5.32 Å². The number of carbonyl (C=O) groups excluding carboxylic acids is 1. The average Bonchev–Trinajstić information content (AvgIpc) is 2.21. The van der Waals surface area contributed by atoms with E-state index in [1.807, 2.05) is 39.8 Å². The van der Waals surface area contributed by atoms with E-state index in [2.05, 4.69) is 5.32 Å². The highest BCUT2D eigenvalue weighted by Gasteiger charge is 2.17. The van der Waals surface area contributed by atoms with Gasteiger partial charge in [0.2, 0.25) is 0 Å². The van der Waals surface area contributed by atoms with Gasteiger partial charge in [-0.15, -0.1) is 0 Å². The zero-order chi connectivity index (χ0) is 13.1. The lowest BCUT2D eigenvalue weighted by Crippen LogP contribution is -2.17. The van der Waals surface area contributed by atoms with Crippen molar-refractivity contribution in [3.63, 3.8) is 0 Å². The molecule has 0 aliphatic heterocycles. The molecule has 0 aliphatic rings. The molecule has 0 aliphatic carbocycles. The summed E-state index contributed by atoms with van der Waals surface area (Å²) in [4.78, 5) is 11.6. The lowest BCUT2D eigenvalue weighted by Gasteiger charge is -2.13. The van der Waals surface area contributed by atoms with Gasteiger partial charge in [0.05, 0.1) is 5.69 Å². The number of hydrogen-bond acceptors (Lipinski definition) is 3. The summed E-state index contributed by atoms with van der Waals surface area (Å²) in [5.74, 6) is 0.209. The Bertz CT molecular complexity index is 442. The number of phenols is 1. The molecule has 0 unspecified atom stereocenters. The minimum atomic E-state index is -0.382. The third-order valence-electron chi connectivity index (χ3n) is 2.36. The summed E-state index contributed by atoms with van der Waals surface area (Å²) in [6.45, 7) is 7.53. The van der Waals surface area contributed by atoms with E-state index >= 15 is 0 Å². The van der Waals surface area contributed by atoms with Gasteiger partial charge in [0.1, 0.15) is 5.75 Å². The molecule has 3 heteroatoms. The number of anilines is 1. The van der Waals surface area contributed by atoms with Crippen molar-refractivity contribution in [1.82, 2.24) is 0 Å². The predicted molar refractivity (Wildman–Crippen MR) is 70.1 cm³/mol. The topological polar surface area (TPSA) is 49.3 Å². The molecule has 0 fully saturated rings. The number of phenolic OH excluding ortho intramolecular Hbond substituents is 1. The van der Waals surface area contributed by atoms with Crippen LogP contribution in [0.15, 0.2) is 30.5 Å². The second kappa shape index (κ2) is 5.04. The van der Waals surface area contributed by atoms with E-state index in [9.17, 15) is 9.90 Å². The number of ketones is 1. The summed E-state index contributed by atoms with van der Waals surface area (Å²) in [7, 11) is 0. The number of nitrogens with one attached hydrogen (secondary N) is 1. The Hall–Kier alpha value is -1.77. The number of allylic oxidation sites excluding steroid dienone is 1. The number of aryl methyl sites for hydroxylation is 1. The van der Waals surface area contributed by atoms with Crippen molar-refractivity contribution in [2.45, 2.75) is 27.7 Å². The molecule has 0 saturated heterocycles. The third kappa shape index (κ3) is 3.94. The highest BCUT2D eigenvalue weighted by atomic mass is 16.3. The molecule has 0 saturated carbocycles. The Labute approximate surface area is 102 Å². The van der Waals surface area contributed by atoms with Gasteiger partial charge in [0.25, 0.3) is 0 Å². The second-order valence-electron chi connectivity index (χ2n) is 5.11. The predicted octanol–water partition coefficient (Wildman–Crippen LogP) is 3.24. The minimum absolute atomic E-state index is 0.0390. The van der Waals surface area contributed by atoms with Crippen LogP contribution < -0.4 is 5.32 Å². The summed E-state index contributed by atoms with van der Waals surface area (Å²) in [5.41, 5.74) is 1.26. The summed E-state index contributed by atoms with van der Waals surface area (Å²) < 4.78 is 0. The monoisotopic (exact) mass is 233 g/mol. The van der Waals surface area contributed by atoms with Crippen LogP contribution in [0.2, 0.25) is 0 Å². The maximum atomic E-state index is 11.6. The molecule has 0 radical (unpaired) electrons. The lowest BCUT2D eigenvalue weighted by atomic mass is 9.91. The van der Waals surface area contributed by atoms with Gasteiger partial charge in [-0.05, 0) is 30.7 Å². The number of rotatable bonds is 3. The number of carbonyl (C=O) groups is 1. The Morgan fingerprint density at radius 2 is 2.00 bits per heavy atom. The zero-order valence-electron chi connectivity index (χ0n) is 10.7. The lowest BCUT2D eigenvalue weighted by molar-refractivity contribution is -0.121. The Morgan fingerprint density at radius 3 is 2.59 bits per heavy atom. The Balaban J connectivity index is 2.71. The fourth-order valence-corrected chi connectivity index (χ4v) is 1.22. The molecule has 0 heterocycles. The van der Waals surface area contributed by atoms with E-state index in [0.29, 0.717) is 5.69 Å². The smallest absolute Gasteiger partial charge is 0.162 e. The van der Waals surface area contributed by atoms with Gasteiger partial charge in [-0.2, -0.15) is 0 Å². The van der Waals surface area contributed by atoms with Crippen LogP contribution in [0.3, 0.4) is 0 Å². The maximum absolute atomic E-state index is 11.6. The largest absolute Gasteiger partial charge is 0.506 e. The van der Waals surface area contributed by atoms with E-state index in [0.717, 1.165) is 5.56 Å². The van der Waals surface area contributed by atoms with Crippen LogP contribution in [0, 0.1) is 12.3 Å². The normalized spacial score (nSPS) is 11.8. The van der Waals surface area contributed by atoms with Gasteiger partial charge >= 0.3 is 0 Å². The van der Waals surface area contributed by atoms with E-state index < -0.39 is 0 Å². The summed E-state index contributed by atoms with van der Waals surface area (Å²) >= 11 is 0. The first-order valence-electron chi connectivity index (χ1n) is 5.58. The molecule has 92 valence electrons. The number of aromatic hydroxyl groups is 1. The number of benzene rings is 1. The number of hydrogen-bond donors (Lipinski definition) is 2. The molecule has 2 N–H and O–H groups in total. The van der Waals surface area contributed by atoms with Gasteiger partial charge in [0, 0.05) is 11.6 Å². The first-order valence-corrected chi connectivity index (χ1v) is 5.58. The quantitative estimate of drug-likeness (QED) is 0.622. The standard InChI is InChI=1S/C14H19NO2/c1-10-5-6-12(16)11(9-10)15-8-7-13(17)14(2,3)4/h5-9,15-16H,1-4H3. The van der Waals surface area contributed by atoms with Crippen LogP contribution in [0.25, 0.3) is 0 Å². The Morgan fingerprint density at radius 1 is 1.35 bits per heavy atom. The molecule has 1 rings (SSSR count). The summed E-state index contributed by atoms with van der Waals surface area (Å²) in [6, 6.07) is 5.27. The van der Waals surface area contributed by atoms with Gasteiger partial charge in [-0.3, -0.25) is 4.79 Å². The molecule has 17 heavy (non-hydrogen) atoms. The van der Waals surface area contributed by atoms with E-state index in [1.54, 1.807) is 12.3 Å². The van der Waals surface area contributed by atoms with Crippen molar-refractivity contribution in [3.05, 3.63) is 36.0 Å². The third-order valence-corrected chi connectivity index (χ3v) is 2.36. The molecule has 3 nitrogen and oxygen atoms in total. The summed E-state index contributed by atoms with van der Waals surface area (Å²) in [6.07, 6.45) is 3.05. The van der Waals surface area contributed by atoms with Gasteiger partial charge in [0.15, 0.2) is 5.78 Å². The van der Waals surface area contributed by atoms with E-state index in [-0.39, 0.29) is 16.9 Å². The van der Waals surface area contributed by atoms with Crippen molar-refractivity contribution in [2.24, 2.45) is 5.41 Å². The van der Waals surface area contributed by atoms with Crippen LogP contribution in [0.5, 0.6) is 5.75 Å². The average molecular weight is 233 g/mol. The van der Waals surface area contributed by atoms with Crippen molar-refractivity contribution in [1.29, 1.82) is 0 Å². The first kappa shape index (κ1) is 13.3. The molecule has 0 aromatic heterocycles. The fourth-order valence-electron chi connectivity index (χ4n) is 1.22. The molecular weight excluding hydrogens is 214 g/mol. The van der Waals surface area contributed by atoms with Gasteiger partial charge in [-0.25, -0.2) is 0 Å². The maximum Gasteiger partial charge on any atom is 0.162 e. The van der Waals surface area contributed by atoms with Gasteiger partial charge < -0.3 is 10.4 Å². The van der Waals surface area contributed by atoms with Crippen LogP contribution in [-0.2, 0) is 4.79 Å². The van der Waals surface area contributed by atoms with Crippen LogP contribution >= 0.6 is 0 Å². The van der Waals surface area contributed by atoms with Crippen molar-refractivity contribution < 1.29 is 9.90 Å². The minimum Gasteiger partial charge on any atom is -0.506 e. The summed E-state index contributed by atoms with van der Waals surface area (Å²) in [5, 5.41) is 12.5. The van der Waals surface area contributed by atoms with E-state index in [4.69, 9.17) is 0 Å². The molecule has 0 spiro atoms. The highest BCUT2D eigenvalue weighted by molar-refractivity contribution is 5.94. The molecular formula is C14H19NO2. The molecule has 0 atom stereocenters. The first-order chi connectivity index (χ1) is 7.80. The van der Waals surface area contributed by atoms with Crippen molar-refractivity contribution in [3.8, 4) is 5.75 Å². The Kier molecular flexibility index (Phi) is 3.94. The second-order valence-corrected chi connectivity index (χ2v) is 5.11. The molecule has 0 bridgehead atoms. The SMILES string of the molecule is Cc1ccc(O)c(NC=CC(=O)C(C)(C)C)c1. The van der Waals surface area contributed by atoms with E-state index in [1.165, 1.54) is 6.08 Å².